The van der Waals surface area contributed by atoms with Gasteiger partial charge in [0.05, 0.1) is 5.57 Å². The minimum atomic E-state index is -0.450. The van der Waals surface area contributed by atoms with E-state index in [1.165, 1.54) is 5.57 Å². The van der Waals surface area contributed by atoms with E-state index in [2.05, 4.69) is 5.32 Å². The molecule has 3 nitrogen and oxygen atoms in total. The molecule has 0 aromatic carbocycles. The Hall–Kier alpha value is -0.960. The van der Waals surface area contributed by atoms with E-state index >= 15 is 0 Å². The van der Waals surface area contributed by atoms with Crippen LogP contribution in [0.4, 0.5) is 0 Å². The quantitative estimate of drug-likeness (QED) is 0.488. The lowest BCUT2D eigenvalue weighted by Crippen LogP contribution is -2.33. The topological polar surface area (TPSA) is 55.1 Å². The third-order valence-corrected chi connectivity index (χ3v) is 2.85. The first-order valence-corrected chi connectivity index (χ1v) is 4.76. The van der Waals surface area contributed by atoms with Crippen LogP contribution in [0.15, 0.2) is 22.9 Å². The van der Waals surface area contributed by atoms with Gasteiger partial charge in [-0.15, -0.1) is 0 Å². The maximum atomic E-state index is 11.1. The first kappa shape index (κ1) is 8.63. The summed E-state index contributed by atoms with van der Waals surface area (Å²) in [5, 5.41) is 2.93. The summed E-state index contributed by atoms with van der Waals surface area (Å²) in [5.41, 5.74) is 7.62. The lowest BCUT2D eigenvalue weighted by Gasteiger charge is -2.20. The molecular weight excluding hydrogens is 188 g/mol. The van der Waals surface area contributed by atoms with Crippen LogP contribution in [-0.4, -0.2) is 11.4 Å². The van der Waals surface area contributed by atoms with Crippen LogP contribution in [0.25, 0.3) is 0 Å². The summed E-state index contributed by atoms with van der Waals surface area (Å²) in [6.07, 6.45) is 4.92. The van der Waals surface area contributed by atoms with Gasteiger partial charge < -0.3 is 11.1 Å². The zero-order valence-electron chi connectivity index (χ0n) is 7.14. The molecular formula is C9H11ClN2O. The number of halogens is 1. The third-order valence-electron chi connectivity index (χ3n) is 2.51. The molecule has 4 heteroatoms. The van der Waals surface area contributed by atoms with Crippen molar-refractivity contribution in [2.24, 2.45) is 5.73 Å². The van der Waals surface area contributed by atoms with Gasteiger partial charge in [-0.1, -0.05) is 11.6 Å². The van der Waals surface area contributed by atoms with E-state index in [-0.39, 0.29) is 0 Å². The average Bonchev–Trinajstić information content (AvgIpc) is 2.50. The highest BCUT2D eigenvalue weighted by Gasteiger charge is 2.28. The maximum absolute atomic E-state index is 11.1. The van der Waals surface area contributed by atoms with Crippen LogP contribution in [0.3, 0.4) is 0 Å². The van der Waals surface area contributed by atoms with Crippen molar-refractivity contribution in [3.8, 4) is 0 Å². The number of alkyl halides is 1. The van der Waals surface area contributed by atoms with Crippen LogP contribution in [-0.2, 0) is 4.79 Å². The van der Waals surface area contributed by atoms with Crippen LogP contribution in [0.5, 0.6) is 0 Å². The van der Waals surface area contributed by atoms with E-state index in [1.54, 1.807) is 0 Å². The van der Waals surface area contributed by atoms with Crippen molar-refractivity contribution in [1.29, 1.82) is 0 Å². The Labute approximate surface area is 81.6 Å². The molecule has 70 valence electrons. The smallest absolute Gasteiger partial charge is 0.248 e. The Bertz CT molecular complexity index is 320. The first-order valence-electron chi connectivity index (χ1n) is 4.32. The zero-order chi connectivity index (χ0) is 9.42. The highest BCUT2D eigenvalue weighted by atomic mass is 35.5. The SMILES string of the molecule is NC(=O)C1=C2CCCC2=CNC1Cl. The number of rotatable bonds is 1. The highest BCUT2D eigenvalue weighted by molar-refractivity contribution is 6.25. The van der Waals surface area contributed by atoms with Gasteiger partial charge in [-0.05, 0) is 30.4 Å². The Kier molecular flexibility index (Phi) is 2.04. The molecule has 3 N–H and O–H groups in total. The minimum Gasteiger partial charge on any atom is -0.371 e. The minimum absolute atomic E-state index is 0.407. The molecule has 1 fully saturated rings. The van der Waals surface area contributed by atoms with Crippen molar-refractivity contribution < 1.29 is 4.79 Å². The Morgan fingerprint density at radius 3 is 3.08 bits per heavy atom. The van der Waals surface area contributed by atoms with Crippen LogP contribution in [0.2, 0.25) is 0 Å². The highest BCUT2D eigenvalue weighted by Crippen LogP contribution is 2.36. The second-order valence-corrected chi connectivity index (χ2v) is 3.75. The molecule has 1 amide bonds. The van der Waals surface area contributed by atoms with Crippen LogP contribution >= 0.6 is 11.6 Å². The molecule has 0 saturated heterocycles. The second kappa shape index (κ2) is 3.07. The van der Waals surface area contributed by atoms with Gasteiger partial charge in [0.15, 0.2) is 0 Å². The first-order chi connectivity index (χ1) is 6.20. The molecule has 1 aliphatic carbocycles. The van der Waals surface area contributed by atoms with Gasteiger partial charge in [-0.25, -0.2) is 0 Å². The zero-order valence-corrected chi connectivity index (χ0v) is 7.90. The van der Waals surface area contributed by atoms with E-state index < -0.39 is 11.4 Å². The molecule has 0 radical (unpaired) electrons. The normalized spacial score (nSPS) is 26.5. The molecule has 13 heavy (non-hydrogen) atoms. The number of hydrogen-bond acceptors (Lipinski definition) is 2. The van der Waals surface area contributed by atoms with E-state index in [1.807, 2.05) is 6.20 Å². The van der Waals surface area contributed by atoms with Gasteiger partial charge in [-0.2, -0.15) is 0 Å². The van der Waals surface area contributed by atoms with E-state index in [0.29, 0.717) is 5.57 Å². The summed E-state index contributed by atoms with van der Waals surface area (Å²) in [7, 11) is 0. The van der Waals surface area contributed by atoms with Crippen molar-refractivity contribution in [1.82, 2.24) is 5.32 Å². The summed E-state index contributed by atoms with van der Waals surface area (Å²) in [4.78, 5) is 11.1. The summed E-state index contributed by atoms with van der Waals surface area (Å²) >= 11 is 5.93. The van der Waals surface area contributed by atoms with E-state index in [9.17, 15) is 4.79 Å². The van der Waals surface area contributed by atoms with Gasteiger partial charge >= 0.3 is 0 Å². The van der Waals surface area contributed by atoms with Gasteiger partial charge in [0, 0.05) is 6.20 Å². The molecule has 0 aromatic heterocycles. The van der Waals surface area contributed by atoms with Crippen LogP contribution < -0.4 is 11.1 Å². The van der Waals surface area contributed by atoms with Crippen LogP contribution in [0.1, 0.15) is 19.3 Å². The molecule has 2 rings (SSSR count). The fraction of sp³-hybridized carbons (Fsp3) is 0.444. The Morgan fingerprint density at radius 2 is 2.38 bits per heavy atom. The number of nitrogens with one attached hydrogen (secondary N) is 1. The average molecular weight is 199 g/mol. The lowest BCUT2D eigenvalue weighted by molar-refractivity contribution is -0.114. The predicted octanol–water partition coefficient (Wildman–Crippen LogP) is 1.00. The molecule has 1 heterocycles. The summed E-state index contributed by atoms with van der Waals surface area (Å²) in [6.45, 7) is 0. The van der Waals surface area contributed by atoms with Crippen molar-refractivity contribution in [2.75, 3.05) is 0 Å². The van der Waals surface area contributed by atoms with Crippen molar-refractivity contribution >= 4 is 17.5 Å². The predicted molar refractivity (Wildman–Crippen MR) is 50.9 cm³/mol. The number of carbonyl (C=O) groups is 1. The fourth-order valence-corrected chi connectivity index (χ4v) is 2.22. The molecule has 0 spiro atoms. The number of allylic oxidation sites excluding steroid dienone is 2. The second-order valence-electron chi connectivity index (χ2n) is 3.31. The molecule has 0 bridgehead atoms. The molecule has 0 aromatic rings. The summed E-state index contributed by atoms with van der Waals surface area (Å²) in [6, 6.07) is 0. The third kappa shape index (κ3) is 1.33. The number of dihydropyridines is 1. The number of fused-ring (bicyclic) bond motifs is 1. The molecule has 1 unspecified atom stereocenters. The van der Waals surface area contributed by atoms with Gasteiger partial charge in [0.1, 0.15) is 5.50 Å². The monoisotopic (exact) mass is 198 g/mol. The number of primary amides is 1. The van der Waals surface area contributed by atoms with Crippen molar-refractivity contribution in [2.45, 2.75) is 24.8 Å². The maximum Gasteiger partial charge on any atom is 0.248 e. The number of carbonyl (C=O) groups excluding carboxylic acids is 1. The van der Waals surface area contributed by atoms with Gasteiger partial charge in [0.2, 0.25) is 5.91 Å². The molecule has 1 saturated carbocycles. The summed E-state index contributed by atoms with van der Waals surface area (Å²) < 4.78 is 0. The lowest BCUT2D eigenvalue weighted by atomic mass is 10.00. The molecule has 1 aliphatic heterocycles. The fourth-order valence-electron chi connectivity index (χ4n) is 1.92. The molecule has 1 atom stereocenters. The van der Waals surface area contributed by atoms with Crippen LogP contribution in [0, 0.1) is 0 Å². The number of nitrogens with two attached hydrogens (primary N) is 1. The Morgan fingerprint density at radius 1 is 1.62 bits per heavy atom. The largest absolute Gasteiger partial charge is 0.371 e. The standard InChI is InChI=1S/C9H11ClN2O/c10-8-7(9(11)13)6-3-1-2-5(6)4-12-8/h4,8,12H,1-3H2,(H2,11,13). The van der Waals surface area contributed by atoms with Gasteiger partial charge in [0.25, 0.3) is 0 Å². The van der Waals surface area contributed by atoms with Crippen molar-refractivity contribution in [3.63, 3.8) is 0 Å². The van der Waals surface area contributed by atoms with Crippen molar-refractivity contribution in [3.05, 3.63) is 22.9 Å². The summed E-state index contributed by atoms with van der Waals surface area (Å²) in [5.74, 6) is -0.407. The van der Waals surface area contributed by atoms with Gasteiger partial charge in [-0.3, -0.25) is 4.79 Å². The number of amides is 1. The molecule has 2 aliphatic rings. The van der Waals surface area contributed by atoms with E-state index in [0.717, 1.165) is 24.8 Å². The number of hydrogen-bond donors (Lipinski definition) is 2. The van der Waals surface area contributed by atoms with E-state index in [4.69, 9.17) is 17.3 Å². The Balaban J connectivity index is 2.46.